The van der Waals surface area contributed by atoms with E-state index in [1.54, 1.807) is 0 Å². The van der Waals surface area contributed by atoms with Crippen molar-refractivity contribution in [3.05, 3.63) is 23.7 Å². The van der Waals surface area contributed by atoms with Crippen LogP contribution in [0, 0.1) is 19.8 Å². The maximum atomic E-state index is 10.2. The minimum absolute atomic E-state index is 0.258. The van der Waals surface area contributed by atoms with Crippen LogP contribution in [-0.4, -0.2) is 12.3 Å². The number of aldehydes is 1. The number of furan rings is 1. The van der Waals surface area contributed by atoms with Gasteiger partial charge >= 0.3 is 0 Å². The Morgan fingerprint density at radius 2 is 1.94 bits per heavy atom. The van der Waals surface area contributed by atoms with Crippen molar-refractivity contribution in [3.63, 3.8) is 0 Å². The first kappa shape index (κ1) is 13.0. The molecule has 1 aliphatic carbocycles. The fourth-order valence-electron chi connectivity index (χ4n) is 1.95. The summed E-state index contributed by atoms with van der Waals surface area (Å²) in [5.41, 5.74) is 5.64. The third-order valence-electron chi connectivity index (χ3n) is 2.82. The zero-order valence-corrected chi connectivity index (χ0v) is 10.1. The number of carbonyl (C=O) groups excluding carboxylic acids is 1. The Bertz CT molecular complexity index is 303. The van der Waals surface area contributed by atoms with Gasteiger partial charge in [0, 0.05) is 12.0 Å². The lowest BCUT2D eigenvalue weighted by molar-refractivity contribution is -0.112. The zero-order chi connectivity index (χ0) is 12.0. The lowest BCUT2D eigenvalue weighted by Gasteiger charge is -2.21. The van der Waals surface area contributed by atoms with Gasteiger partial charge in [-0.3, -0.25) is 0 Å². The molecule has 1 aliphatic rings. The summed E-state index contributed by atoms with van der Waals surface area (Å²) in [7, 11) is 0. The molecule has 1 aromatic rings. The summed E-state index contributed by atoms with van der Waals surface area (Å²) < 4.78 is 5.08. The SMILES string of the molecule is Cc1ccc(C)o1.NC1CCCC(C=O)C1. The molecule has 1 heterocycles. The van der Waals surface area contributed by atoms with E-state index in [1.807, 2.05) is 26.0 Å². The van der Waals surface area contributed by atoms with Crippen molar-refractivity contribution in [3.8, 4) is 0 Å². The molecule has 2 rings (SSSR count). The maximum Gasteiger partial charge on any atom is 0.123 e. The Labute approximate surface area is 97.0 Å². The minimum atomic E-state index is 0.258. The summed E-state index contributed by atoms with van der Waals surface area (Å²) >= 11 is 0. The van der Waals surface area contributed by atoms with Crippen molar-refractivity contribution in [2.45, 2.75) is 45.6 Å². The Morgan fingerprint density at radius 3 is 2.25 bits per heavy atom. The van der Waals surface area contributed by atoms with Crippen molar-refractivity contribution < 1.29 is 9.21 Å². The highest BCUT2D eigenvalue weighted by molar-refractivity contribution is 5.53. The van der Waals surface area contributed by atoms with Crippen molar-refractivity contribution in [2.75, 3.05) is 0 Å². The molecule has 0 spiro atoms. The quantitative estimate of drug-likeness (QED) is 0.744. The van der Waals surface area contributed by atoms with Crippen LogP contribution in [0.25, 0.3) is 0 Å². The van der Waals surface area contributed by atoms with Gasteiger partial charge in [-0.2, -0.15) is 0 Å². The molecule has 1 saturated carbocycles. The second-order valence-corrected chi connectivity index (χ2v) is 4.48. The lowest BCUT2D eigenvalue weighted by atomic mass is 9.87. The normalized spacial score (nSPS) is 24.4. The van der Waals surface area contributed by atoms with Crippen molar-refractivity contribution in [1.29, 1.82) is 0 Å². The molecule has 1 aromatic heterocycles. The Hall–Kier alpha value is -1.09. The minimum Gasteiger partial charge on any atom is -0.467 e. The third-order valence-corrected chi connectivity index (χ3v) is 2.82. The monoisotopic (exact) mass is 223 g/mol. The van der Waals surface area contributed by atoms with Gasteiger partial charge in [0.15, 0.2) is 0 Å². The standard InChI is InChI=1S/C7H13NO.C6H8O/c8-7-3-1-2-6(4-7)5-9;1-5-3-4-6(2)7-5/h5-7H,1-4,8H2;3-4H,1-2H3. The van der Waals surface area contributed by atoms with Gasteiger partial charge in [-0.15, -0.1) is 0 Å². The van der Waals surface area contributed by atoms with Gasteiger partial charge < -0.3 is 14.9 Å². The molecule has 2 N–H and O–H groups in total. The van der Waals surface area contributed by atoms with Gasteiger partial charge in [0.05, 0.1) is 0 Å². The molecule has 0 radical (unpaired) electrons. The van der Waals surface area contributed by atoms with E-state index in [0.717, 1.165) is 43.5 Å². The van der Waals surface area contributed by atoms with Crippen molar-refractivity contribution >= 4 is 6.29 Å². The Morgan fingerprint density at radius 1 is 1.31 bits per heavy atom. The van der Waals surface area contributed by atoms with Crippen LogP contribution in [0.3, 0.4) is 0 Å². The van der Waals surface area contributed by atoms with Crippen molar-refractivity contribution in [2.24, 2.45) is 11.7 Å². The molecule has 0 bridgehead atoms. The second-order valence-electron chi connectivity index (χ2n) is 4.48. The molecular formula is C13H21NO2. The average molecular weight is 223 g/mol. The molecule has 0 amide bonds. The number of hydrogen-bond donors (Lipinski definition) is 1. The Kier molecular flexibility index (Phi) is 5.26. The van der Waals surface area contributed by atoms with Crippen LogP contribution < -0.4 is 5.73 Å². The predicted octanol–water partition coefficient (Wildman–Crippen LogP) is 2.60. The van der Waals surface area contributed by atoms with E-state index < -0.39 is 0 Å². The van der Waals surface area contributed by atoms with E-state index in [0.29, 0.717) is 0 Å². The van der Waals surface area contributed by atoms with E-state index in [1.165, 1.54) is 0 Å². The van der Waals surface area contributed by atoms with Crippen LogP contribution in [0.5, 0.6) is 0 Å². The maximum absolute atomic E-state index is 10.2. The molecule has 0 aliphatic heterocycles. The average Bonchev–Trinajstić information content (AvgIpc) is 2.63. The van der Waals surface area contributed by atoms with E-state index in [2.05, 4.69) is 0 Å². The molecule has 3 nitrogen and oxygen atoms in total. The Balaban J connectivity index is 0.000000165. The van der Waals surface area contributed by atoms with Gasteiger partial charge in [-0.1, -0.05) is 6.42 Å². The summed E-state index contributed by atoms with van der Waals surface area (Å²) in [4.78, 5) is 10.2. The van der Waals surface area contributed by atoms with Crippen LogP contribution in [-0.2, 0) is 4.79 Å². The lowest BCUT2D eigenvalue weighted by Crippen LogP contribution is -2.28. The highest BCUT2D eigenvalue weighted by Crippen LogP contribution is 2.20. The van der Waals surface area contributed by atoms with Crippen LogP contribution in [0.2, 0.25) is 0 Å². The molecular weight excluding hydrogens is 202 g/mol. The summed E-state index contributed by atoms with van der Waals surface area (Å²) in [5, 5.41) is 0. The van der Waals surface area contributed by atoms with Crippen LogP contribution in [0.15, 0.2) is 16.5 Å². The van der Waals surface area contributed by atoms with Gasteiger partial charge in [-0.05, 0) is 45.2 Å². The van der Waals surface area contributed by atoms with E-state index in [9.17, 15) is 4.79 Å². The number of carbonyl (C=O) groups is 1. The number of aryl methyl sites for hydroxylation is 2. The van der Waals surface area contributed by atoms with Crippen LogP contribution in [0.1, 0.15) is 37.2 Å². The van der Waals surface area contributed by atoms with Crippen molar-refractivity contribution in [1.82, 2.24) is 0 Å². The predicted molar refractivity (Wildman–Crippen MR) is 64.2 cm³/mol. The first-order chi connectivity index (χ1) is 7.61. The van der Waals surface area contributed by atoms with Gasteiger partial charge in [0.2, 0.25) is 0 Å². The molecule has 90 valence electrons. The van der Waals surface area contributed by atoms with Gasteiger partial charge in [0.25, 0.3) is 0 Å². The van der Waals surface area contributed by atoms with Gasteiger partial charge in [0.1, 0.15) is 17.8 Å². The summed E-state index contributed by atoms with van der Waals surface area (Å²) in [6.45, 7) is 3.88. The van der Waals surface area contributed by atoms with Crippen LogP contribution in [0.4, 0.5) is 0 Å². The molecule has 0 aromatic carbocycles. The molecule has 2 unspecified atom stereocenters. The van der Waals surface area contributed by atoms with E-state index in [4.69, 9.17) is 10.2 Å². The smallest absolute Gasteiger partial charge is 0.123 e. The van der Waals surface area contributed by atoms with E-state index in [-0.39, 0.29) is 12.0 Å². The number of rotatable bonds is 1. The van der Waals surface area contributed by atoms with Crippen LogP contribution >= 0.6 is 0 Å². The molecule has 3 heteroatoms. The largest absolute Gasteiger partial charge is 0.467 e. The highest BCUT2D eigenvalue weighted by atomic mass is 16.3. The molecule has 1 fully saturated rings. The number of nitrogens with two attached hydrogens (primary N) is 1. The zero-order valence-electron chi connectivity index (χ0n) is 10.1. The molecule has 0 saturated heterocycles. The fraction of sp³-hybridized carbons (Fsp3) is 0.615. The summed E-state index contributed by atoms with van der Waals surface area (Å²) in [5.74, 6) is 2.23. The third kappa shape index (κ3) is 4.62. The second kappa shape index (κ2) is 6.48. The fourth-order valence-corrected chi connectivity index (χ4v) is 1.95. The summed E-state index contributed by atoms with van der Waals surface area (Å²) in [6, 6.07) is 4.19. The highest BCUT2D eigenvalue weighted by Gasteiger charge is 2.17. The summed E-state index contributed by atoms with van der Waals surface area (Å²) in [6.07, 6.45) is 5.23. The molecule has 2 atom stereocenters. The number of hydrogen-bond acceptors (Lipinski definition) is 3. The topological polar surface area (TPSA) is 56.2 Å². The van der Waals surface area contributed by atoms with E-state index >= 15 is 0 Å². The molecule has 16 heavy (non-hydrogen) atoms. The van der Waals surface area contributed by atoms with Gasteiger partial charge in [-0.25, -0.2) is 0 Å². The first-order valence-corrected chi connectivity index (χ1v) is 5.85. The first-order valence-electron chi connectivity index (χ1n) is 5.85.